The van der Waals surface area contributed by atoms with Crippen LogP contribution in [0, 0.1) is 0 Å². The van der Waals surface area contributed by atoms with E-state index in [9.17, 15) is 8.42 Å². The van der Waals surface area contributed by atoms with Crippen molar-refractivity contribution in [3.05, 3.63) is 29.5 Å². The fourth-order valence-electron chi connectivity index (χ4n) is 2.19. The van der Waals surface area contributed by atoms with E-state index >= 15 is 0 Å². The van der Waals surface area contributed by atoms with E-state index < -0.39 is 9.84 Å². The molecule has 0 spiro atoms. The van der Waals surface area contributed by atoms with Crippen molar-refractivity contribution in [1.82, 2.24) is 19.7 Å². The smallest absolute Gasteiger partial charge is 0.221 e. The zero-order valence-electron chi connectivity index (χ0n) is 15.0. The minimum absolute atomic E-state index is 0.148. The molecule has 0 atom stereocenters. The lowest BCUT2D eigenvalue weighted by Gasteiger charge is -2.06. The summed E-state index contributed by atoms with van der Waals surface area (Å²) in [6.45, 7) is 1.51. The van der Waals surface area contributed by atoms with Crippen molar-refractivity contribution in [3.8, 4) is 0 Å². The van der Waals surface area contributed by atoms with Crippen molar-refractivity contribution < 1.29 is 12.8 Å². The predicted molar refractivity (Wildman–Crippen MR) is 100 cm³/mol. The maximum atomic E-state index is 11.3. The molecule has 0 aliphatic heterocycles. The summed E-state index contributed by atoms with van der Waals surface area (Å²) >= 11 is 1.76. The minimum Gasteiger partial charge on any atom is -0.464 e. The standard InChI is InChI=1S/C15H25N5O3S2/c1-19(2)9-12-5-6-13(23-12)10-24-8-7-16-15-17-14(18-20(15)3)11-25(4,21)22/h5-6H,7-11H2,1-4H3,(H,16,17,18). The van der Waals surface area contributed by atoms with Gasteiger partial charge in [-0.3, -0.25) is 0 Å². The second kappa shape index (κ2) is 8.72. The van der Waals surface area contributed by atoms with Crippen LogP contribution in [0.4, 0.5) is 5.95 Å². The van der Waals surface area contributed by atoms with E-state index in [1.54, 1.807) is 23.5 Å². The number of nitrogens with zero attached hydrogens (tertiary/aromatic N) is 4. The average molecular weight is 388 g/mol. The molecule has 0 amide bonds. The average Bonchev–Trinajstić information content (AvgIpc) is 3.03. The summed E-state index contributed by atoms with van der Waals surface area (Å²) in [6, 6.07) is 4.02. The molecule has 0 saturated carbocycles. The molecule has 10 heteroatoms. The number of aryl methyl sites for hydroxylation is 1. The van der Waals surface area contributed by atoms with E-state index in [1.165, 1.54) is 6.26 Å². The Bertz CT molecular complexity index is 783. The Morgan fingerprint density at radius 3 is 2.72 bits per heavy atom. The molecule has 8 nitrogen and oxygen atoms in total. The topological polar surface area (TPSA) is 93.3 Å². The third-order valence-electron chi connectivity index (χ3n) is 3.16. The zero-order valence-corrected chi connectivity index (χ0v) is 16.7. The van der Waals surface area contributed by atoms with E-state index in [0.717, 1.165) is 29.6 Å². The molecular weight excluding hydrogens is 362 g/mol. The van der Waals surface area contributed by atoms with Crippen molar-refractivity contribution in [2.24, 2.45) is 7.05 Å². The van der Waals surface area contributed by atoms with Gasteiger partial charge in [-0.05, 0) is 26.2 Å². The van der Waals surface area contributed by atoms with Crippen LogP contribution >= 0.6 is 11.8 Å². The number of hydrogen-bond acceptors (Lipinski definition) is 8. The third-order valence-corrected chi connectivity index (χ3v) is 4.93. The van der Waals surface area contributed by atoms with Crippen LogP contribution in [0.5, 0.6) is 0 Å². The number of anilines is 1. The normalized spacial score (nSPS) is 12.0. The molecule has 2 rings (SSSR count). The van der Waals surface area contributed by atoms with Gasteiger partial charge in [0.2, 0.25) is 5.95 Å². The molecule has 0 saturated heterocycles. The Balaban J connectivity index is 1.72. The minimum atomic E-state index is -3.13. The van der Waals surface area contributed by atoms with Crippen molar-refractivity contribution in [1.29, 1.82) is 0 Å². The summed E-state index contributed by atoms with van der Waals surface area (Å²) in [5, 5.41) is 7.28. The van der Waals surface area contributed by atoms with Gasteiger partial charge in [-0.1, -0.05) is 0 Å². The lowest BCUT2D eigenvalue weighted by molar-refractivity contribution is 0.344. The summed E-state index contributed by atoms with van der Waals surface area (Å²) in [7, 11) is 2.63. The first-order valence-corrected chi connectivity index (χ1v) is 11.1. The molecule has 0 aromatic carbocycles. The molecule has 2 aromatic rings. The monoisotopic (exact) mass is 387 g/mol. The van der Waals surface area contributed by atoms with Crippen LogP contribution in [-0.2, 0) is 34.9 Å². The largest absolute Gasteiger partial charge is 0.464 e. The number of furan rings is 1. The summed E-state index contributed by atoms with van der Waals surface area (Å²) in [6.07, 6.45) is 1.17. The number of nitrogens with one attached hydrogen (secondary N) is 1. The highest BCUT2D eigenvalue weighted by molar-refractivity contribution is 7.98. The molecule has 2 heterocycles. The Morgan fingerprint density at radius 2 is 2.04 bits per heavy atom. The van der Waals surface area contributed by atoms with Crippen molar-refractivity contribution >= 4 is 27.5 Å². The van der Waals surface area contributed by atoms with E-state index in [4.69, 9.17) is 4.42 Å². The Kier molecular flexibility index (Phi) is 6.91. The van der Waals surface area contributed by atoms with Crippen LogP contribution in [0.25, 0.3) is 0 Å². The van der Waals surface area contributed by atoms with Gasteiger partial charge >= 0.3 is 0 Å². The highest BCUT2D eigenvalue weighted by Gasteiger charge is 2.12. The zero-order chi connectivity index (χ0) is 18.4. The molecule has 0 aliphatic rings. The van der Waals surface area contributed by atoms with Gasteiger partial charge in [0.1, 0.15) is 17.3 Å². The molecule has 140 valence electrons. The highest BCUT2D eigenvalue weighted by atomic mass is 32.2. The quantitative estimate of drug-likeness (QED) is 0.611. The van der Waals surface area contributed by atoms with E-state index in [1.807, 2.05) is 26.2 Å². The number of sulfone groups is 1. The van der Waals surface area contributed by atoms with Crippen LogP contribution in [0.15, 0.2) is 16.5 Å². The summed E-state index contributed by atoms with van der Waals surface area (Å²) in [4.78, 5) is 6.28. The number of thioether (sulfide) groups is 1. The number of aromatic nitrogens is 3. The van der Waals surface area contributed by atoms with Crippen LogP contribution in [-0.4, -0.2) is 60.7 Å². The lowest BCUT2D eigenvalue weighted by atomic mass is 10.4. The van der Waals surface area contributed by atoms with Gasteiger partial charge in [0.05, 0.1) is 12.3 Å². The second-order valence-corrected chi connectivity index (χ2v) is 9.38. The van der Waals surface area contributed by atoms with Gasteiger partial charge < -0.3 is 14.6 Å². The van der Waals surface area contributed by atoms with Crippen LogP contribution in [0.1, 0.15) is 17.3 Å². The molecule has 0 aliphatic carbocycles. The maximum absolute atomic E-state index is 11.3. The number of hydrogen-bond donors (Lipinski definition) is 1. The fraction of sp³-hybridized carbons (Fsp3) is 0.600. The van der Waals surface area contributed by atoms with Crippen molar-refractivity contribution in [3.63, 3.8) is 0 Å². The molecule has 0 fully saturated rings. The molecule has 2 aromatic heterocycles. The molecule has 0 unspecified atom stereocenters. The van der Waals surface area contributed by atoms with E-state index in [2.05, 4.69) is 20.3 Å². The highest BCUT2D eigenvalue weighted by Crippen LogP contribution is 2.16. The van der Waals surface area contributed by atoms with E-state index in [0.29, 0.717) is 18.3 Å². The van der Waals surface area contributed by atoms with Gasteiger partial charge in [-0.15, -0.1) is 0 Å². The van der Waals surface area contributed by atoms with Crippen molar-refractivity contribution in [2.45, 2.75) is 18.1 Å². The lowest BCUT2D eigenvalue weighted by Crippen LogP contribution is -2.09. The summed E-state index contributed by atoms with van der Waals surface area (Å²) in [5.74, 6) is 4.36. The SMILES string of the molecule is CN(C)Cc1ccc(CSCCNc2nc(CS(C)(=O)=O)nn2C)o1. The fourth-order valence-corrected chi connectivity index (χ4v) is 3.53. The first-order chi connectivity index (χ1) is 11.7. The van der Waals surface area contributed by atoms with Crippen molar-refractivity contribution in [2.75, 3.05) is 38.0 Å². The van der Waals surface area contributed by atoms with Crippen LogP contribution in [0.3, 0.4) is 0 Å². The maximum Gasteiger partial charge on any atom is 0.221 e. The van der Waals surface area contributed by atoms with Crippen LogP contribution in [0.2, 0.25) is 0 Å². The van der Waals surface area contributed by atoms with Gasteiger partial charge in [-0.25, -0.2) is 13.1 Å². The molecular formula is C15H25N5O3S2. The first kappa shape index (κ1) is 19.8. The summed E-state index contributed by atoms with van der Waals surface area (Å²) < 4.78 is 29.9. The Labute approximate surface area is 152 Å². The molecule has 1 N–H and O–H groups in total. The molecule has 25 heavy (non-hydrogen) atoms. The Morgan fingerprint density at radius 1 is 1.32 bits per heavy atom. The third kappa shape index (κ3) is 7.09. The first-order valence-electron chi connectivity index (χ1n) is 7.84. The van der Waals surface area contributed by atoms with Crippen LogP contribution < -0.4 is 5.32 Å². The predicted octanol–water partition coefficient (Wildman–Crippen LogP) is 1.36. The number of rotatable bonds is 10. The molecule has 0 radical (unpaired) electrons. The van der Waals surface area contributed by atoms with Gasteiger partial charge in [-0.2, -0.15) is 21.8 Å². The van der Waals surface area contributed by atoms with Gasteiger partial charge in [0.15, 0.2) is 15.7 Å². The van der Waals surface area contributed by atoms with Gasteiger partial charge in [0, 0.05) is 25.6 Å². The molecule has 0 bridgehead atoms. The second-order valence-electron chi connectivity index (χ2n) is 6.13. The van der Waals surface area contributed by atoms with Gasteiger partial charge in [0.25, 0.3) is 0 Å². The summed E-state index contributed by atoms with van der Waals surface area (Å²) in [5.41, 5.74) is 0. The Hall–Kier alpha value is -1.52. The van der Waals surface area contributed by atoms with E-state index in [-0.39, 0.29) is 5.75 Å².